The van der Waals surface area contributed by atoms with Crippen LogP contribution in [0.4, 0.5) is 0 Å². The summed E-state index contributed by atoms with van der Waals surface area (Å²) < 4.78 is 10.7. The first-order valence-electron chi connectivity index (χ1n) is 6.96. The third-order valence-corrected chi connectivity index (χ3v) is 3.10. The number of hydrogen-bond acceptors (Lipinski definition) is 4. The lowest BCUT2D eigenvalue weighted by atomic mass is 10.1. The van der Waals surface area contributed by atoms with Crippen LogP contribution in [-0.2, 0) is 24.1 Å². The summed E-state index contributed by atoms with van der Waals surface area (Å²) in [5.74, 6) is 1.68. The highest BCUT2D eigenvalue weighted by Gasteiger charge is 2.04. The number of benzene rings is 1. The zero-order valence-corrected chi connectivity index (χ0v) is 12.2. The number of aryl methyl sites for hydroxylation is 3. The molecule has 0 spiro atoms. The van der Waals surface area contributed by atoms with Gasteiger partial charge in [0, 0.05) is 20.1 Å². The van der Waals surface area contributed by atoms with Crippen LogP contribution >= 0.6 is 0 Å². The fourth-order valence-corrected chi connectivity index (χ4v) is 2.05. The van der Waals surface area contributed by atoms with Gasteiger partial charge in [0.2, 0.25) is 5.89 Å². The van der Waals surface area contributed by atoms with Crippen LogP contribution < -0.4 is 5.32 Å². The minimum absolute atomic E-state index is 0.647. The van der Waals surface area contributed by atoms with E-state index in [-0.39, 0.29) is 0 Å². The van der Waals surface area contributed by atoms with Gasteiger partial charge < -0.3 is 14.5 Å². The Hall–Kier alpha value is -1.65. The van der Waals surface area contributed by atoms with Gasteiger partial charge in [-0.3, -0.25) is 0 Å². The normalized spacial score (nSPS) is 10.9. The van der Waals surface area contributed by atoms with Gasteiger partial charge >= 0.3 is 0 Å². The number of methoxy groups -OCH3 is 1. The maximum absolute atomic E-state index is 5.70. The van der Waals surface area contributed by atoms with Crippen LogP contribution in [0.25, 0.3) is 0 Å². The quantitative estimate of drug-likeness (QED) is 0.751. The van der Waals surface area contributed by atoms with Gasteiger partial charge in [0.05, 0.1) is 19.3 Å². The van der Waals surface area contributed by atoms with Crippen LogP contribution in [0.1, 0.15) is 22.8 Å². The molecule has 0 radical (unpaired) electrons. The molecule has 0 bridgehead atoms. The van der Waals surface area contributed by atoms with E-state index < -0.39 is 0 Å². The van der Waals surface area contributed by atoms with Crippen LogP contribution in [0.15, 0.2) is 34.9 Å². The van der Waals surface area contributed by atoms with Crippen molar-refractivity contribution in [2.75, 3.05) is 20.3 Å². The first-order chi connectivity index (χ1) is 9.78. The maximum atomic E-state index is 5.70. The second-order valence-corrected chi connectivity index (χ2v) is 4.88. The number of ether oxygens (including phenoxy) is 1. The Morgan fingerprint density at radius 3 is 3.00 bits per heavy atom. The molecule has 0 aliphatic heterocycles. The van der Waals surface area contributed by atoms with Crippen LogP contribution in [0.5, 0.6) is 0 Å². The molecule has 1 heterocycles. The summed E-state index contributed by atoms with van der Waals surface area (Å²) in [6, 6.07) is 8.57. The first-order valence-corrected chi connectivity index (χ1v) is 6.96. The monoisotopic (exact) mass is 274 g/mol. The smallest absolute Gasteiger partial charge is 0.208 e. The second kappa shape index (κ2) is 7.82. The largest absolute Gasteiger partial charge is 0.444 e. The van der Waals surface area contributed by atoms with E-state index in [2.05, 4.69) is 41.5 Å². The molecule has 0 fully saturated rings. The lowest BCUT2D eigenvalue weighted by Gasteiger charge is -2.01. The lowest BCUT2D eigenvalue weighted by molar-refractivity contribution is 0.198. The minimum atomic E-state index is 0.647. The first kappa shape index (κ1) is 14.8. The van der Waals surface area contributed by atoms with Crippen molar-refractivity contribution in [1.29, 1.82) is 0 Å². The standard InChI is InChI=1S/C16H22N2O2/c1-13-4-3-5-14(10-13)6-7-15-11-18-16(20-15)12-17-8-9-19-2/h3-5,10-11,17H,6-9,12H2,1-2H3. The predicted molar refractivity (Wildman–Crippen MR) is 78.7 cm³/mol. The summed E-state index contributed by atoms with van der Waals surface area (Å²) in [7, 11) is 1.69. The molecule has 0 unspecified atom stereocenters. The molecule has 108 valence electrons. The molecule has 4 heteroatoms. The molecular weight excluding hydrogens is 252 g/mol. The van der Waals surface area contributed by atoms with Crippen molar-refractivity contribution in [3.63, 3.8) is 0 Å². The van der Waals surface area contributed by atoms with E-state index in [0.29, 0.717) is 13.2 Å². The molecule has 0 saturated heterocycles. The van der Waals surface area contributed by atoms with E-state index in [1.165, 1.54) is 11.1 Å². The molecule has 1 aromatic carbocycles. The molecule has 1 aromatic heterocycles. The van der Waals surface area contributed by atoms with Crippen LogP contribution in [0, 0.1) is 6.92 Å². The summed E-state index contributed by atoms with van der Waals surface area (Å²) in [4.78, 5) is 4.27. The molecule has 2 aromatic rings. The Morgan fingerprint density at radius 2 is 2.20 bits per heavy atom. The van der Waals surface area contributed by atoms with Gasteiger partial charge in [-0.15, -0.1) is 0 Å². The van der Waals surface area contributed by atoms with Gasteiger partial charge in [-0.25, -0.2) is 4.98 Å². The van der Waals surface area contributed by atoms with Gasteiger partial charge in [0.1, 0.15) is 5.76 Å². The molecule has 0 amide bonds. The Labute approximate surface area is 120 Å². The Balaban J connectivity index is 1.78. The van der Waals surface area contributed by atoms with Gasteiger partial charge in [-0.2, -0.15) is 0 Å². The summed E-state index contributed by atoms with van der Waals surface area (Å²) in [6.07, 6.45) is 3.69. The van der Waals surface area contributed by atoms with E-state index in [0.717, 1.165) is 31.0 Å². The topological polar surface area (TPSA) is 47.3 Å². The van der Waals surface area contributed by atoms with Crippen molar-refractivity contribution in [3.05, 3.63) is 53.2 Å². The van der Waals surface area contributed by atoms with Crippen molar-refractivity contribution < 1.29 is 9.15 Å². The number of nitrogens with zero attached hydrogens (tertiary/aromatic N) is 1. The Morgan fingerprint density at radius 1 is 1.30 bits per heavy atom. The number of aromatic nitrogens is 1. The van der Waals surface area contributed by atoms with Crippen molar-refractivity contribution in [2.45, 2.75) is 26.3 Å². The molecule has 0 saturated carbocycles. The van der Waals surface area contributed by atoms with Crippen molar-refractivity contribution in [1.82, 2.24) is 10.3 Å². The van der Waals surface area contributed by atoms with Crippen molar-refractivity contribution in [2.24, 2.45) is 0 Å². The Bertz CT molecular complexity index is 523. The maximum Gasteiger partial charge on any atom is 0.208 e. The third kappa shape index (κ3) is 4.79. The fraction of sp³-hybridized carbons (Fsp3) is 0.438. The van der Waals surface area contributed by atoms with Crippen molar-refractivity contribution >= 4 is 0 Å². The average molecular weight is 274 g/mol. The molecule has 4 nitrogen and oxygen atoms in total. The summed E-state index contributed by atoms with van der Waals surface area (Å²) >= 11 is 0. The van der Waals surface area contributed by atoms with Gasteiger partial charge in [-0.05, 0) is 18.9 Å². The molecule has 0 atom stereocenters. The zero-order chi connectivity index (χ0) is 14.2. The number of oxazole rings is 1. The average Bonchev–Trinajstić information content (AvgIpc) is 2.89. The molecular formula is C16H22N2O2. The molecule has 0 aliphatic carbocycles. The molecule has 0 aliphatic rings. The molecule has 1 N–H and O–H groups in total. The van der Waals surface area contributed by atoms with Gasteiger partial charge in [0.15, 0.2) is 0 Å². The highest BCUT2D eigenvalue weighted by molar-refractivity contribution is 5.22. The molecule has 2 rings (SSSR count). The van der Waals surface area contributed by atoms with Crippen LogP contribution in [0.2, 0.25) is 0 Å². The highest BCUT2D eigenvalue weighted by Crippen LogP contribution is 2.10. The number of rotatable bonds is 8. The van der Waals surface area contributed by atoms with Crippen LogP contribution in [0.3, 0.4) is 0 Å². The van der Waals surface area contributed by atoms with E-state index in [9.17, 15) is 0 Å². The highest BCUT2D eigenvalue weighted by atomic mass is 16.5. The predicted octanol–water partition coefficient (Wildman–Crippen LogP) is 2.50. The van der Waals surface area contributed by atoms with Gasteiger partial charge in [-0.1, -0.05) is 29.8 Å². The lowest BCUT2D eigenvalue weighted by Crippen LogP contribution is -2.18. The number of nitrogens with one attached hydrogen (secondary N) is 1. The van der Waals surface area contributed by atoms with E-state index in [1.807, 2.05) is 6.20 Å². The zero-order valence-electron chi connectivity index (χ0n) is 12.2. The van der Waals surface area contributed by atoms with E-state index >= 15 is 0 Å². The summed E-state index contributed by atoms with van der Waals surface area (Å²) in [5, 5.41) is 3.22. The van der Waals surface area contributed by atoms with Gasteiger partial charge in [0.25, 0.3) is 0 Å². The summed E-state index contributed by atoms with van der Waals surface area (Å²) in [5.41, 5.74) is 2.63. The number of hydrogen-bond donors (Lipinski definition) is 1. The molecule has 20 heavy (non-hydrogen) atoms. The van der Waals surface area contributed by atoms with E-state index in [1.54, 1.807) is 7.11 Å². The van der Waals surface area contributed by atoms with Crippen LogP contribution in [-0.4, -0.2) is 25.2 Å². The third-order valence-electron chi connectivity index (χ3n) is 3.10. The minimum Gasteiger partial charge on any atom is -0.444 e. The van der Waals surface area contributed by atoms with E-state index in [4.69, 9.17) is 9.15 Å². The fourth-order valence-electron chi connectivity index (χ4n) is 2.05. The second-order valence-electron chi connectivity index (χ2n) is 4.88. The SMILES string of the molecule is COCCNCc1ncc(CCc2cccc(C)c2)o1. The van der Waals surface area contributed by atoms with Crippen molar-refractivity contribution in [3.8, 4) is 0 Å². The Kier molecular flexibility index (Phi) is 5.77. The summed E-state index contributed by atoms with van der Waals surface area (Å²) in [6.45, 7) is 4.26.